The SMILES string of the molecule is COc1cccc(CN[S+](=O)(O)c2ccc(Oc3cccc(N4CCNCC4)c3)s2)c1. The quantitative estimate of drug-likeness (QED) is 0.441. The van der Waals surface area contributed by atoms with Gasteiger partial charge in [-0.15, -0.1) is 0 Å². The highest BCUT2D eigenvalue weighted by Crippen LogP contribution is 2.34. The Kier molecular flexibility index (Phi) is 6.89. The minimum atomic E-state index is -3.39. The van der Waals surface area contributed by atoms with Crippen molar-refractivity contribution in [1.29, 1.82) is 0 Å². The highest BCUT2D eigenvalue weighted by molar-refractivity contribution is 7.97. The number of hydrogen-bond acceptors (Lipinski definition) is 6. The molecule has 0 amide bonds. The van der Waals surface area contributed by atoms with E-state index >= 15 is 0 Å². The first kappa shape index (κ1) is 21.8. The Bertz CT molecular complexity index is 1070. The number of anilines is 1. The van der Waals surface area contributed by atoms with Gasteiger partial charge in [0.05, 0.1) is 13.7 Å². The Labute approximate surface area is 187 Å². The third-order valence-electron chi connectivity index (χ3n) is 4.95. The molecular formula is C22H26N3O4S2+. The Hall–Kier alpha value is -2.43. The fourth-order valence-corrected chi connectivity index (χ4v) is 5.56. The number of hydrogen-bond donors (Lipinski definition) is 3. The van der Waals surface area contributed by atoms with Crippen LogP contribution in [0.15, 0.2) is 64.9 Å². The summed E-state index contributed by atoms with van der Waals surface area (Å²) >= 11 is 1.16. The molecule has 2 aromatic carbocycles. The van der Waals surface area contributed by atoms with Crippen LogP contribution in [0.5, 0.6) is 16.6 Å². The summed E-state index contributed by atoms with van der Waals surface area (Å²) in [5.74, 6) is 1.41. The second-order valence-corrected chi connectivity index (χ2v) is 10.2. The molecule has 0 spiro atoms. The molecule has 1 atom stereocenters. The molecule has 1 aliphatic rings. The zero-order valence-corrected chi connectivity index (χ0v) is 18.9. The molecule has 0 aliphatic carbocycles. The Morgan fingerprint density at radius 1 is 1.10 bits per heavy atom. The van der Waals surface area contributed by atoms with Crippen LogP contribution in [-0.2, 0) is 21.2 Å². The second kappa shape index (κ2) is 9.80. The second-order valence-electron chi connectivity index (χ2n) is 7.11. The largest absolute Gasteiger partial charge is 0.497 e. The molecule has 0 bridgehead atoms. The lowest BCUT2D eigenvalue weighted by Crippen LogP contribution is -2.43. The molecule has 9 heteroatoms. The smallest absolute Gasteiger partial charge is 0.334 e. The molecule has 164 valence electrons. The molecule has 7 nitrogen and oxygen atoms in total. The van der Waals surface area contributed by atoms with Gasteiger partial charge in [-0.2, -0.15) is 4.55 Å². The maximum atomic E-state index is 12.8. The van der Waals surface area contributed by atoms with Gasteiger partial charge in [0, 0.05) is 44.0 Å². The fourth-order valence-electron chi connectivity index (χ4n) is 3.32. The van der Waals surface area contributed by atoms with E-state index in [-0.39, 0.29) is 6.54 Å². The zero-order chi connectivity index (χ0) is 21.7. The van der Waals surface area contributed by atoms with Gasteiger partial charge in [-0.25, -0.2) is 0 Å². The first-order valence-corrected chi connectivity index (χ1v) is 12.3. The van der Waals surface area contributed by atoms with Crippen LogP contribution < -0.4 is 24.4 Å². The summed E-state index contributed by atoms with van der Waals surface area (Å²) in [5, 5.41) is 3.91. The predicted octanol–water partition coefficient (Wildman–Crippen LogP) is 3.99. The summed E-state index contributed by atoms with van der Waals surface area (Å²) < 4.78 is 37.5. The molecule has 1 fully saturated rings. The molecule has 1 unspecified atom stereocenters. The van der Waals surface area contributed by atoms with Crippen molar-refractivity contribution in [3.05, 3.63) is 66.2 Å². The lowest BCUT2D eigenvalue weighted by Gasteiger charge is -2.29. The van der Waals surface area contributed by atoms with Crippen molar-refractivity contribution in [3.8, 4) is 16.6 Å². The summed E-state index contributed by atoms with van der Waals surface area (Å²) in [6, 6.07) is 18.7. The summed E-state index contributed by atoms with van der Waals surface area (Å²) in [4.78, 5) is 2.31. The number of nitrogens with one attached hydrogen (secondary N) is 2. The Morgan fingerprint density at radius 2 is 1.87 bits per heavy atom. The summed E-state index contributed by atoms with van der Waals surface area (Å²) in [6.07, 6.45) is 0. The molecule has 1 aromatic heterocycles. The van der Waals surface area contributed by atoms with Crippen molar-refractivity contribution in [2.45, 2.75) is 10.8 Å². The van der Waals surface area contributed by atoms with Crippen LogP contribution in [0.4, 0.5) is 5.69 Å². The average Bonchev–Trinajstić information content (AvgIpc) is 3.28. The van der Waals surface area contributed by atoms with Crippen LogP contribution in [0.1, 0.15) is 5.56 Å². The maximum Gasteiger partial charge on any atom is 0.334 e. The van der Waals surface area contributed by atoms with Gasteiger partial charge in [-0.3, -0.25) is 0 Å². The third kappa shape index (κ3) is 5.63. The number of nitrogens with zero attached hydrogens (tertiary/aromatic N) is 1. The van der Waals surface area contributed by atoms with Crippen LogP contribution in [0.2, 0.25) is 0 Å². The Balaban J connectivity index is 1.40. The van der Waals surface area contributed by atoms with Gasteiger partial charge in [-0.05, 0) is 51.4 Å². The lowest BCUT2D eigenvalue weighted by atomic mass is 10.2. The number of thiophene rings is 1. The Morgan fingerprint density at radius 3 is 2.68 bits per heavy atom. The normalized spacial score (nSPS) is 16.0. The van der Waals surface area contributed by atoms with Gasteiger partial charge in [0.2, 0.25) is 0 Å². The van der Waals surface area contributed by atoms with Crippen molar-refractivity contribution in [2.75, 3.05) is 38.2 Å². The lowest BCUT2D eigenvalue weighted by molar-refractivity contribution is 0.414. The molecule has 3 aromatic rings. The monoisotopic (exact) mass is 460 g/mol. The molecule has 0 radical (unpaired) electrons. The average molecular weight is 461 g/mol. The highest BCUT2D eigenvalue weighted by atomic mass is 32.3. The van der Waals surface area contributed by atoms with Gasteiger partial charge in [0.25, 0.3) is 4.21 Å². The highest BCUT2D eigenvalue weighted by Gasteiger charge is 2.31. The van der Waals surface area contributed by atoms with Crippen LogP contribution in [0.3, 0.4) is 0 Å². The minimum Gasteiger partial charge on any atom is -0.497 e. The van der Waals surface area contributed by atoms with Crippen LogP contribution in [0.25, 0.3) is 0 Å². The molecule has 4 rings (SSSR count). The predicted molar refractivity (Wildman–Crippen MR) is 125 cm³/mol. The van der Waals surface area contributed by atoms with E-state index in [0.717, 1.165) is 48.8 Å². The van der Waals surface area contributed by atoms with E-state index in [0.29, 0.717) is 20.8 Å². The minimum absolute atomic E-state index is 0.243. The van der Waals surface area contributed by atoms with E-state index < -0.39 is 10.4 Å². The van der Waals surface area contributed by atoms with Gasteiger partial charge in [0.1, 0.15) is 11.5 Å². The molecule has 1 saturated heterocycles. The number of ether oxygens (including phenoxy) is 2. The van der Waals surface area contributed by atoms with E-state index in [1.54, 1.807) is 19.2 Å². The van der Waals surface area contributed by atoms with Crippen molar-refractivity contribution >= 4 is 27.4 Å². The standard InChI is InChI=1S/C22H25N3O4S2/c1-28-19-6-2-4-17(14-19)16-24-31(26,27)22-9-8-21(30-22)29-20-7-3-5-18(15-20)25-12-10-23-11-13-25/h2-9,14-15,23H,10-13,16H2,1H3,(H-,24,26,27)/p+1. The van der Waals surface area contributed by atoms with Gasteiger partial charge in [-0.1, -0.05) is 22.9 Å². The van der Waals surface area contributed by atoms with E-state index in [1.165, 1.54) is 0 Å². The maximum absolute atomic E-state index is 12.8. The third-order valence-corrected chi connectivity index (χ3v) is 7.86. The van der Waals surface area contributed by atoms with Crippen molar-refractivity contribution < 1.29 is 18.2 Å². The summed E-state index contributed by atoms with van der Waals surface area (Å²) in [5.41, 5.74) is 1.97. The van der Waals surface area contributed by atoms with Crippen molar-refractivity contribution in [2.24, 2.45) is 0 Å². The first-order valence-electron chi connectivity index (χ1n) is 10.0. The molecule has 3 N–H and O–H groups in total. The number of benzene rings is 2. The molecule has 31 heavy (non-hydrogen) atoms. The van der Waals surface area contributed by atoms with E-state index in [9.17, 15) is 8.76 Å². The van der Waals surface area contributed by atoms with E-state index in [1.807, 2.05) is 42.5 Å². The molecule has 2 heterocycles. The zero-order valence-electron chi connectivity index (χ0n) is 17.2. The van der Waals surface area contributed by atoms with Crippen LogP contribution in [-0.4, -0.2) is 37.8 Å². The van der Waals surface area contributed by atoms with Gasteiger partial charge in [0.15, 0.2) is 5.06 Å². The topological polar surface area (TPSA) is 83.1 Å². The summed E-state index contributed by atoms with van der Waals surface area (Å²) in [7, 11) is -1.80. The van der Waals surface area contributed by atoms with Crippen LogP contribution >= 0.6 is 11.3 Å². The molecule has 0 saturated carbocycles. The first-order chi connectivity index (χ1) is 15.0. The molecular weight excluding hydrogens is 434 g/mol. The summed E-state index contributed by atoms with van der Waals surface area (Å²) in [6.45, 7) is 4.09. The molecule has 1 aliphatic heterocycles. The van der Waals surface area contributed by atoms with E-state index in [4.69, 9.17) is 9.47 Å². The number of methoxy groups -OCH3 is 1. The number of rotatable bonds is 8. The number of piperazine rings is 1. The van der Waals surface area contributed by atoms with Crippen LogP contribution in [0, 0.1) is 0 Å². The van der Waals surface area contributed by atoms with E-state index in [2.05, 4.69) is 21.0 Å². The van der Waals surface area contributed by atoms with Crippen molar-refractivity contribution in [1.82, 2.24) is 10.0 Å². The van der Waals surface area contributed by atoms with Gasteiger partial charge >= 0.3 is 10.4 Å². The fraction of sp³-hybridized carbons (Fsp3) is 0.273. The van der Waals surface area contributed by atoms with Crippen molar-refractivity contribution in [3.63, 3.8) is 0 Å². The van der Waals surface area contributed by atoms with Gasteiger partial charge < -0.3 is 19.7 Å².